The molecule has 1 fully saturated rings. The molecule has 1 saturated heterocycles. The molecule has 1 aliphatic heterocycles. The number of nitrogens with zero attached hydrogens (tertiary/aromatic N) is 2. The molecule has 1 unspecified atom stereocenters. The first kappa shape index (κ1) is 31.9. The van der Waals surface area contributed by atoms with Crippen LogP contribution in [0.1, 0.15) is 24.0 Å². The first-order valence-electron chi connectivity index (χ1n) is 15.3. The standard InChI is InChI=1S/C38H33N2O5PS/c41-37-26-31(25-36(47)29-15-5-1-6-16-29)39(37)28-46(32-18-7-2-8-19-32,33-20-9-3-10-21-33,34-22-11-4-12-23-34)38(42)45-27-30-17-13-14-24-35(30)40(43)44/h1-24,31H,25-28H2. The van der Waals surface area contributed by atoms with Crippen LogP contribution < -0.4 is 15.9 Å². The first-order valence-corrected chi connectivity index (χ1v) is 18.1. The number of para-hydroxylation sites is 1. The molecule has 9 heteroatoms. The van der Waals surface area contributed by atoms with Gasteiger partial charge in [-0.05, 0) is 0 Å². The summed E-state index contributed by atoms with van der Waals surface area (Å²) in [4.78, 5) is 43.1. The van der Waals surface area contributed by atoms with Crippen LogP contribution in [0.4, 0.5) is 10.5 Å². The van der Waals surface area contributed by atoms with E-state index in [9.17, 15) is 14.9 Å². The molecule has 0 aromatic heterocycles. The normalized spacial score (nSPS) is 15.1. The Labute approximate surface area is 278 Å². The summed E-state index contributed by atoms with van der Waals surface area (Å²) in [6.07, 6.45) is 0.838. The molecule has 6 rings (SSSR count). The topological polar surface area (TPSA) is 89.8 Å². The fraction of sp³-hybridized carbons (Fsp3) is 0.132. The molecule has 5 aromatic carbocycles. The number of rotatable bonds is 12. The van der Waals surface area contributed by atoms with Gasteiger partial charge in [0, 0.05) is 0 Å². The Balaban J connectivity index is 1.55. The number of β-lactam (4-membered cyclic amide) rings is 1. The average Bonchev–Trinajstić information content (AvgIpc) is 3.12. The fourth-order valence-electron chi connectivity index (χ4n) is 6.59. The van der Waals surface area contributed by atoms with E-state index in [4.69, 9.17) is 17.0 Å². The van der Waals surface area contributed by atoms with Crippen molar-refractivity contribution in [1.82, 2.24) is 4.90 Å². The van der Waals surface area contributed by atoms with Crippen molar-refractivity contribution >= 4 is 56.9 Å². The Morgan fingerprint density at radius 1 is 0.766 bits per heavy atom. The number of thiocarbonyl (C=S) groups is 1. The molecule has 0 saturated carbocycles. The zero-order valence-electron chi connectivity index (χ0n) is 25.6. The second kappa shape index (κ2) is 13.4. The molecule has 1 atom stereocenters. The molecule has 47 heavy (non-hydrogen) atoms. The Bertz CT molecular complexity index is 1820. The van der Waals surface area contributed by atoms with Crippen molar-refractivity contribution in [2.24, 2.45) is 0 Å². The predicted octanol–water partition coefficient (Wildman–Crippen LogP) is 7.13. The molecule has 0 bridgehead atoms. The number of likely N-dealkylation sites (tertiary alicyclic amines) is 1. The van der Waals surface area contributed by atoms with Gasteiger partial charge in [0.05, 0.1) is 0 Å². The number of amides is 1. The van der Waals surface area contributed by atoms with Crippen LogP contribution in [0.2, 0.25) is 0 Å². The quantitative estimate of drug-likeness (QED) is 0.0354. The van der Waals surface area contributed by atoms with Gasteiger partial charge in [-0.15, -0.1) is 0 Å². The summed E-state index contributed by atoms with van der Waals surface area (Å²) in [5.41, 5.74) is 0.550. The van der Waals surface area contributed by atoms with Crippen molar-refractivity contribution in [3.8, 4) is 0 Å². The minimum atomic E-state index is -4.43. The third kappa shape index (κ3) is 5.64. The fourth-order valence-corrected chi connectivity index (χ4v) is 12.9. The third-order valence-electron chi connectivity index (χ3n) is 9.04. The van der Waals surface area contributed by atoms with Crippen molar-refractivity contribution < 1.29 is 19.2 Å². The SMILES string of the molecule is O=C1CC(CC(=S)c2ccccc2)N1CP(C(=O)OCc1ccccc1[N+](=O)[O-])(c1ccccc1)(c1ccccc1)c1ccccc1. The van der Waals surface area contributed by atoms with E-state index >= 15 is 4.79 Å². The summed E-state index contributed by atoms with van der Waals surface area (Å²) >= 11 is 5.84. The van der Waals surface area contributed by atoms with Gasteiger partial charge in [-0.25, -0.2) is 0 Å². The van der Waals surface area contributed by atoms with Gasteiger partial charge in [0.2, 0.25) is 0 Å². The predicted molar refractivity (Wildman–Crippen MR) is 191 cm³/mol. The number of carbonyl (C=O) groups excluding carboxylic acids is 2. The Hall–Kier alpha value is -5.04. The zero-order chi connectivity index (χ0) is 32.9. The molecule has 0 spiro atoms. The number of benzene rings is 5. The van der Waals surface area contributed by atoms with Crippen LogP contribution in [0.15, 0.2) is 146 Å². The summed E-state index contributed by atoms with van der Waals surface area (Å²) < 4.78 is 6.29. The maximum absolute atomic E-state index is 15.5. The summed E-state index contributed by atoms with van der Waals surface area (Å²) in [5, 5.41) is 14.1. The van der Waals surface area contributed by atoms with Gasteiger partial charge in [0.1, 0.15) is 0 Å². The summed E-state index contributed by atoms with van der Waals surface area (Å²) in [6.45, 7) is -4.74. The van der Waals surface area contributed by atoms with E-state index in [-0.39, 0.29) is 36.1 Å². The van der Waals surface area contributed by atoms with Gasteiger partial charge in [-0.1, -0.05) is 0 Å². The van der Waals surface area contributed by atoms with Gasteiger partial charge in [-0.2, -0.15) is 0 Å². The van der Waals surface area contributed by atoms with E-state index in [1.54, 1.807) is 23.1 Å². The second-order valence-electron chi connectivity index (χ2n) is 11.6. The average molecular weight is 661 g/mol. The van der Waals surface area contributed by atoms with E-state index in [0.717, 1.165) is 26.3 Å². The molecule has 0 radical (unpaired) electrons. The summed E-state index contributed by atoms with van der Waals surface area (Å²) in [7, 11) is 0. The van der Waals surface area contributed by atoms with Crippen molar-refractivity contribution in [2.75, 3.05) is 6.29 Å². The first-order chi connectivity index (χ1) is 22.8. The van der Waals surface area contributed by atoms with Crippen LogP contribution in [0, 0.1) is 10.1 Å². The van der Waals surface area contributed by atoms with Crippen LogP contribution in [0.5, 0.6) is 0 Å². The van der Waals surface area contributed by atoms with Crippen LogP contribution in [-0.2, 0) is 16.1 Å². The number of hydrogen-bond acceptors (Lipinski definition) is 6. The minimum absolute atomic E-state index is 0.0558. The molecule has 1 heterocycles. The molecule has 0 aliphatic carbocycles. The number of ether oxygens (including phenoxy) is 1. The molecule has 1 aliphatic rings. The second-order valence-corrected chi connectivity index (χ2v) is 16.9. The molecular weight excluding hydrogens is 627 g/mol. The number of hydrogen-bond donors (Lipinski definition) is 0. The Morgan fingerprint density at radius 2 is 1.23 bits per heavy atom. The molecule has 0 N–H and O–H groups in total. The van der Waals surface area contributed by atoms with E-state index in [1.807, 2.05) is 121 Å². The molecular formula is C38H33N2O5PS. The van der Waals surface area contributed by atoms with E-state index in [1.165, 1.54) is 6.07 Å². The van der Waals surface area contributed by atoms with Crippen LogP contribution >= 0.6 is 18.8 Å². The molecule has 1 amide bonds. The Morgan fingerprint density at radius 3 is 1.72 bits per heavy atom. The summed E-state index contributed by atoms with van der Waals surface area (Å²) in [5.74, 6) is -0.0749. The van der Waals surface area contributed by atoms with Crippen LogP contribution in [0.25, 0.3) is 0 Å². The van der Waals surface area contributed by atoms with Crippen molar-refractivity contribution in [1.29, 1.82) is 0 Å². The van der Waals surface area contributed by atoms with Crippen LogP contribution in [0.3, 0.4) is 0 Å². The number of nitro benzene ring substituents is 1. The maximum atomic E-state index is 15.5. The van der Waals surface area contributed by atoms with E-state index < -0.39 is 17.2 Å². The van der Waals surface area contributed by atoms with Gasteiger partial charge < -0.3 is 0 Å². The summed E-state index contributed by atoms with van der Waals surface area (Å²) in [6, 6.07) is 44.3. The monoisotopic (exact) mass is 660 g/mol. The van der Waals surface area contributed by atoms with Crippen molar-refractivity contribution in [2.45, 2.75) is 25.5 Å². The molecule has 5 aromatic rings. The zero-order valence-corrected chi connectivity index (χ0v) is 27.3. The van der Waals surface area contributed by atoms with Gasteiger partial charge >= 0.3 is 280 Å². The van der Waals surface area contributed by atoms with E-state index in [0.29, 0.717) is 12.8 Å². The molecule has 7 nitrogen and oxygen atoms in total. The van der Waals surface area contributed by atoms with Crippen molar-refractivity contribution in [3.63, 3.8) is 0 Å². The van der Waals surface area contributed by atoms with Gasteiger partial charge in [0.15, 0.2) is 0 Å². The number of nitro groups is 1. The van der Waals surface area contributed by atoms with Crippen molar-refractivity contribution in [3.05, 3.63) is 167 Å². The Kier molecular flexibility index (Phi) is 9.08. The number of carbonyl (C=O) groups is 2. The van der Waals surface area contributed by atoms with Crippen LogP contribution in [-0.4, -0.2) is 38.6 Å². The van der Waals surface area contributed by atoms with Gasteiger partial charge in [0.25, 0.3) is 0 Å². The van der Waals surface area contributed by atoms with Gasteiger partial charge in [-0.3, -0.25) is 0 Å². The molecule has 236 valence electrons. The van der Waals surface area contributed by atoms with E-state index in [2.05, 4.69) is 0 Å². The third-order valence-corrected chi connectivity index (χ3v) is 15.6.